The number of para-hydroxylation sites is 1. The van der Waals surface area contributed by atoms with Crippen molar-refractivity contribution in [3.05, 3.63) is 70.0 Å². The molecule has 0 aliphatic heterocycles. The Morgan fingerprint density at radius 1 is 1.00 bits per heavy atom. The molecule has 20 heavy (non-hydrogen) atoms. The summed E-state index contributed by atoms with van der Waals surface area (Å²) in [5.74, 6) is 0. The molecule has 0 fully saturated rings. The second kappa shape index (κ2) is 4.90. The zero-order valence-corrected chi connectivity index (χ0v) is 11.3. The molecule has 0 saturated heterocycles. The number of nitrogens with one attached hydrogen (secondary N) is 1. The molecule has 3 rings (SSSR count). The van der Waals surface area contributed by atoms with Crippen molar-refractivity contribution >= 4 is 17.3 Å². The largest absolute Gasteiger partial charge is 0.392 e. The fourth-order valence-corrected chi connectivity index (χ4v) is 2.30. The number of benzene rings is 2. The SMILES string of the molecule is Nc1c(-c2ccccc2)[nH]n(-c2ccccc2Cl)c1=O. The first-order valence-electron chi connectivity index (χ1n) is 6.09. The standard InChI is InChI=1S/C15H12ClN3O/c16-11-8-4-5-9-12(11)19-15(20)13(17)14(18-19)10-6-2-1-3-7-10/h1-9,18H,17H2. The summed E-state index contributed by atoms with van der Waals surface area (Å²) in [5, 5.41) is 3.50. The Morgan fingerprint density at radius 2 is 1.65 bits per heavy atom. The van der Waals surface area contributed by atoms with Gasteiger partial charge in [-0.1, -0.05) is 54.1 Å². The first kappa shape index (κ1) is 12.6. The number of halogens is 1. The number of aromatic nitrogens is 2. The summed E-state index contributed by atoms with van der Waals surface area (Å²) < 4.78 is 1.36. The fraction of sp³-hybridized carbons (Fsp3) is 0. The van der Waals surface area contributed by atoms with Gasteiger partial charge in [0, 0.05) is 5.56 Å². The van der Waals surface area contributed by atoms with Crippen molar-refractivity contribution < 1.29 is 0 Å². The summed E-state index contributed by atoms with van der Waals surface area (Å²) in [4.78, 5) is 12.3. The highest BCUT2D eigenvalue weighted by molar-refractivity contribution is 6.32. The molecule has 1 aromatic heterocycles. The smallest absolute Gasteiger partial charge is 0.295 e. The molecule has 0 bridgehead atoms. The third-order valence-corrected chi connectivity index (χ3v) is 3.40. The maximum Gasteiger partial charge on any atom is 0.295 e. The predicted octanol–water partition coefficient (Wildman–Crippen LogP) is 3.07. The van der Waals surface area contributed by atoms with E-state index in [1.165, 1.54) is 4.68 Å². The van der Waals surface area contributed by atoms with Crippen LogP contribution in [0.2, 0.25) is 5.02 Å². The number of aromatic amines is 1. The third-order valence-electron chi connectivity index (χ3n) is 3.08. The maximum absolute atomic E-state index is 12.3. The predicted molar refractivity (Wildman–Crippen MR) is 81.2 cm³/mol. The third kappa shape index (κ3) is 2.00. The highest BCUT2D eigenvalue weighted by Gasteiger charge is 2.14. The minimum atomic E-state index is -0.308. The van der Waals surface area contributed by atoms with Crippen molar-refractivity contribution in [1.82, 2.24) is 9.78 Å². The summed E-state index contributed by atoms with van der Waals surface area (Å²) >= 11 is 6.12. The number of nitrogens with zero attached hydrogens (tertiary/aromatic N) is 1. The van der Waals surface area contributed by atoms with E-state index in [2.05, 4.69) is 5.10 Å². The van der Waals surface area contributed by atoms with Gasteiger partial charge in [0.1, 0.15) is 5.69 Å². The lowest BCUT2D eigenvalue weighted by molar-refractivity contribution is 0.853. The quantitative estimate of drug-likeness (QED) is 0.760. The van der Waals surface area contributed by atoms with Crippen LogP contribution in [0.25, 0.3) is 16.9 Å². The number of anilines is 1. The summed E-state index contributed by atoms with van der Waals surface area (Å²) in [6.45, 7) is 0. The molecule has 0 radical (unpaired) electrons. The minimum absolute atomic E-state index is 0.177. The van der Waals surface area contributed by atoms with Crippen LogP contribution in [0.1, 0.15) is 0 Å². The van der Waals surface area contributed by atoms with Gasteiger partial charge in [-0.25, -0.2) is 4.68 Å². The molecule has 2 aromatic carbocycles. The molecule has 0 aliphatic rings. The second-order valence-corrected chi connectivity index (χ2v) is 4.77. The van der Waals surface area contributed by atoms with Crippen LogP contribution in [-0.4, -0.2) is 9.78 Å². The van der Waals surface area contributed by atoms with Crippen molar-refractivity contribution in [3.63, 3.8) is 0 Å². The summed E-state index contributed by atoms with van der Waals surface area (Å²) in [6, 6.07) is 16.6. The van der Waals surface area contributed by atoms with Crippen LogP contribution in [0.3, 0.4) is 0 Å². The zero-order valence-electron chi connectivity index (χ0n) is 10.5. The van der Waals surface area contributed by atoms with Crippen LogP contribution in [-0.2, 0) is 0 Å². The highest BCUT2D eigenvalue weighted by Crippen LogP contribution is 2.24. The van der Waals surface area contributed by atoms with Gasteiger partial charge in [-0.15, -0.1) is 0 Å². The zero-order chi connectivity index (χ0) is 14.1. The van der Waals surface area contributed by atoms with E-state index in [1.807, 2.05) is 36.4 Å². The van der Waals surface area contributed by atoms with Gasteiger partial charge in [-0.05, 0) is 12.1 Å². The van der Waals surface area contributed by atoms with Crippen molar-refractivity contribution in [3.8, 4) is 16.9 Å². The Kier molecular flexibility index (Phi) is 3.08. The van der Waals surface area contributed by atoms with Gasteiger partial charge in [-0.3, -0.25) is 9.89 Å². The van der Waals surface area contributed by atoms with Gasteiger partial charge < -0.3 is 5.73 Å². The molecule has 5 heteroatoms. The summed E-state index contributed by atoms with van der Waals surface area (Å²) in [5.41, 5.74) is 7.81. The molecule has 0 aliphatic carbocycles. The number of H-pyrrole nitrogens is 1. The average Bonchev–Trinajstić information content (AvgIpc) is 2.77. The molecular weight excluding hydrogens is 274 g/mol. The Morgan fingerprint density at radius 3 is 2.35 bits per heavy atom. The molecule has 0 unspecified atom stereocenters. The molecule has 0 amide bonds. The molecule has 0 atom stereocenters. The van der Waals surface area contributed by atoms with E-state index >= 15 is 0 Å². The van der Waals surface area contributed by atoms with Crippen molar-refractivity contribution in [1.29, 1.82) is 0 Å². The van der Waals surface area contributed by atoms with Gasteiger partial charge in [0.05, 0.1) is 16.4 Å². The van der Waals surface area contributed by atoms with Crippen LogP contribution < -0.4 is 11.3 Å². The van der Waals surface area contributed by atoms with E-state index in [9.17, 15) is 4.79 Å². The first-order chi connectivity index (χ1) is 9.68. The van der Waals surface area contributed by atoms with Crippen molar-refractivity contribution in [2.75, 3.05) is 5.73 Å². The molecule has 4 nitrogen and oxygen atoms in total. The fourth-order valence-electron chi connectivity index (χ4n) is 2.08. The lowest BCUT2D eigenvalue weighted by Gasteiger charge is -2.03. The Labute approximate surface area is 120 Å². The second-order valence-electron chi connectivity index (χ2n) is 4.36. The number of nitrogen functional groups attached to an aromatic ring is 1. The number of nitrogens with two attached hydrogens (primary N) is 1. The van der Waals surface area contributed by atoms with Gasteiger partial charge >= 0.3 is 0 Å². The number of hydrogen-bond donors (Lipinski definition) is 2. The van der Waals surface area contributed by atoms with E-state index in [0.29, 0.717) is 16.4 Å². The van der Waals surface area contributed by atoms with E-state index in [4.69, 9.17) is 17.3 Å². The lowest BCUT2D eigenvalue weighted by atomic mass is 10.1. The van der Waals surface area contributed by atoms with Gasteiger partial charge in [0.25, 0.3) is 5.56 Å². The highest BCUT2D eigenvalue weighted by atomic mass is 35.5. The summed E-state index contributed by atoms with van der Waals surface area (Å²) in [7, 11) is 0. The minimum Gasteiger partial charge on any atom is -0.392 e. The average molecular weight is 286 g/mol. The Bertz CT molecular complexity index is 805. The summed E-state index contributed by atoms with van der Waals surface area (Å²) in [6.07, 6.45) is 0. The van der Waals surface area contributed by atoms with Crippen LogP contribution in [0.5, 0.6) is 0 Å². The van der Waals surface area contributed by atoms with Gasteiger partial charge in [0.2, 0.25) is 0 Å². The maximum atomic E-state index is 12.3. The topological polar surface area (TPSA) is 63.8 Å². The van der Waals surface area contributed by atoms with E-state index in [-0.39, 0.29) is 11.2 Å². The van der Waals surface area contributed by atoms with E-state index in [0.717, 1.165) is 5.56 Å². The van der Waals surface area contributed by atoms with Crippen LogP contribution in [0.15, 0.2) is 59.4 Å². The molecule has 100 valence electrons. The van der Waals surface area contributed by atoms with Gasteiger partial charge in [-0.2, -0.15) is 0 Å². The molecular formula is C15H12ClN3O. The lowest BCUT2D eigenvalue weighted by Crippen LogP contribution is -2.16. The van der Waals surface area contributed by atoms with E-state index < -0.39 is 0 Å². The van der Waals surface area contributed by atoms with Crippen LogP contribution in [0.4, 0.5) is 5.69 Å². The molecule has 0 spiro atoms. The normalized spacial score (nSPS) is 10.7. The molecule has 3 N–H and O–H groups in total. The van der Waals surface area contributed by atoms with E-state index in [1.54, 1.807) is 18.2 Å². The Hall–Kier alpha value is -2.46. The number of rotatable bonds is 2. The van der Waals surface area contributed by atoms with Crippen molar-refractivity contribution in [2.45, 2.75) is 0 Å². The molecule has 0 saturated carbocycles. The first-order valence-corrected chi connectivity index (χ1v) is 6.47. The van der Waals surface area contributed by atoms with Crippen LogP contribution >= 0.6 is 11.6 Å². The molecule has 3 aromatic rings. The molecule has 1 heterocycles. The van der Waals surface area contributed by atoms with Crippen LogP contribution in [0, 0.1) is 0 Å². The monoisotopic (exact) mass is 285 g/mol. The Balaban J connectivity index is 2.22. The van der Waals surface area contributed by atoms with Crippen molar-refractivity contribution in [2.24, 2.45) is 0 Å². The number of hydrogen-bond acceptors (Lipinski definition) is 2. The van der Waals surface area contributed by atoms with Gasteiger partial charge in [0.15, 0.2) is 0 Å².